The van der Waals surface area contributed by atoms with Crippen molar-refractivity contribution in [2.24, 2.45) is 0 Å². The maximum absolute atomic E-state index is 14.6. The fourth-order valence-electron chi connectivity index (χ4n) is 3.00. The number of rotatable bonds is 5. The number of ether oxygens (including phenoxy) is 1. The second-order valence-corrected chi connectivity index (χ2v) is 7.10. The van der Waals surface area contributed by atoms with E-state index in [1.807, 2.05) is 6.92 Å². The first-order chi connectivity index (χ1) is 13.3. The van der Waals surface area contributed by atoms with Crippen LogP contribution in [0.4, 0.5) is 30.5 Å². The number of benzene rings is 2. The summed E-state index contributed by atoms with van der Waals surface area (Å²) in [6, 6.07) is 6.35. The van der Waals surface area contributed by atoms with E-state index in [1.54, 1.807) is 19.1 Å². The normalized spacial score (nSPS) is 15.2. The van der Waals surface area contributed by atoms with Crippen LogP contribution in [0.15, 0.2) is 36.7 Å². The molecule has 0 radical (unpaired) electrons. The quantitative estimate of drug-likeness (QED) is 0.692. The van der Waals surface area contributed by atoms with Gasteiger partial charge in [-0.25, -0.2) is 17.9 Å². The minimum Gasteiger partial charge on any atom is -0.376 e. The molecule has 0 amide bonds. The van der Waals surface area contributed by atoms with Gasteiger partial charge in [0.1, 0.15) is 23.8 Å². The molecule has 1 fully saturated rings. The van der Waals surface area contributed by atoms with Gasteiger partial charge in [0.05, 0.1) is 30.1 Å². The van der Waals surface area contributed by atoms with Gasteiger partial charge in [-0.05, 0) is 43.7 Å². The second-order valence-electron chi connectivity index (χ2n) is 7.10. The molecule has 0 atom stereocenters. The monoisotopic (exact) mass is 389 g/mol. The maximum atomic E-state index is 14.6. The molecule has 0 saturated carbocycles. The number of aryl methyl sites for hydroxylation is 1. The summed E-state index contributed by atoms with van der Waals surface area (Å²) in [6.07, 6.45) is 1.29. The van der Waals surface area contributed by atoms with Crippen LogP contribution in [-0.4, -0.2) is 33.5 Å². The molecule has 2 N–H and O–H groups in total. The van der Waals surface area contributed by atoms with Gasteiger partial charge in [-0.3, -0.25) is 0 Å². The molecular weight excluding hydrogens is 371 g/mol. The Morgan fingerprint density at radius 3 is 2.43 bits per heavy atom. The lowest BCUT2D eigenvalue weighted by Gasteiger charge is -2.39. The van der Waals surface area contributed by atoms with E-state index in [0.29, 0.717) is 18.8 Å². The number of nitrogens with one attached hydrogen (secondary N) is 2. The predicted octanol–water partition coefficient (Wildman–Crippen LogP) is 3.94. The molecule has 2 aromatic carbocycles. The summed E-state index contributed by atoms with van der Waals surface area (Å²) >= 11 is 0. The van der Waals surface area contributed by atoms with Crippen LogP contribution in [0.5, 0.6) is 0 Å². The highest BCUT2D eigenvalue weighted by Crippen LogP contribution is 2.29. The average molecular weight is 389 g/mol. The van der Waals surface area contributed by atoms with E-state index in [9.17, 15) is 13.2 Å². The van der Waals surface area contributed by atoms with E-state index in [0.717, 1.165) is 23.9 Å². The Kier molecular flexibility index (Phi) is 4.46. The Morgan fingerprint density at radius 1 is 1.07 bits per heavy atom. The molecule has 0 aliphatic carbocycles. The standard InChI is InChI=1S/C19H18F3N5O/c1-11-3-14(25-19(2)8-28-9-19)7-16(17(11)22)24-18-23-10-27(26-18)15-5-12(20)4-13(21)6-15/h3-7,10,25H,8-9H2,1-2H3,(H,24,26). The predicted molar refractivity (Wildman–Crippen MR) is 98.5 cm³/mol. The number of hydrogen-bond donors (Lipinski definition) is 2. The van der Waals surface area contributed by atoms with Crippen LogP contribution in [0.25, 0.3) is 5.69 Å². The van der Waals surface area contributed by atoms with Gasteiger partial charge in [-0.2, -0.15) is 4.98 Å². The highest BCUT2D eigenvalue weighted by atomic mass is 19.1. The lowest BCUT2D eigenvalue weighted by molar-refractivity contribution is -0.0318. The van der Waals surface area contributed by atoms with Gasteiger partial charge in [-0.1, -0.05) is 0 Å². The van der Waals surface area contributed by atoms with Crippen LogP contribution in [0.2, 0.25) is 0 Å². The summed E-state index contributed by atoms with van der Waals surface area (Å²) in [7, 11) is 0. The molecule has 2 heterocycles. The van der Waals surface area contributed by atoms with Crippen molar-refractivity contribution in [1.29, 1.82) is 0 Å². The average Bonchev–Trinajstić information content (AvgIpc) is 3.05. The van der Waals surface area contributed by atoms with Gasteiger partial charge >= 0.3 is 0 Å². The van der Waals surface area contributed by atoms with Crippen molar-refractivity contribution in [3.63, 3.8) is 0 Å². The molecule has 0 spiro atoms. The zero-order chi connectivity index (χ0) is 19.9. The molecule has 28 heavy (non-hydrogen) atoms. The lowest BCUT2D eigenvalue weighted by Crippen LogP contribution is -2.53. The molecular formula is C19H18F3N5O. The molecule has 0 unspecified atom stereocenters. The van der Waals surface area contributed by atoms with E-state index in [4.69, 9.17) is 4.74 Å². The van der Waals surface area contributed by atoms with Crippen LogP contribution < -0.4 is 10.6 Å². The molecule has 4 rings (SSSR count). The number of anilines is 3. The van der Waals surface area contributed by atoms with Gasteiger partial charge < -0.3 is 15.4 Å². The molecule has 9 heteroatoms. The summed E-state index contributed by atoms with van der Waals surface area (Å²) in [4.78, 5) is 4.04. The third-order valence-corrected chi connectivity index (χ3v) is 4.39. The third-order valence-electron chi connectivity index (χ3n) is 4.39. The highest BCUT2D eigenvalue weighted by Gasteiger charge is 2.33. The minimum absolute atomic E-state index is 0.0957. The Labute approximate surface area is 159 Å². The van der Waals surface area contributed by atoms with Crippen molar-refractivity contribution in [2.75, 3.05) is 23.8 Å². The van der Waals surface area contributed by atoms with E-state index >= 15 is 0 Å². The van der Waals surface area contributed by atoms with Crippen molar-refractivity contribution in [3.05, 3.63) is 59.7 Å². The third kappa shape index (κ3) is 3.65. The first kappa shape index (κ1) is 18.3. The van der Waals surface area contributed by atoms with Crippen LogP contribution in [0.1, 0.15) is 12.5 Å². The van der Waals surface area contributed by atoms with Gasteiger partial charge in [0.15, 0.2) is 0 Å². The maximum Gasteiger partial charge on any atom is 0.247 e. The van der Waals surface area contributed by atoms with Crippen molar-refractivity contribution in [3.8, 4) is 5.69 Å². The summed E-state index contributed by atoms with van der Waals surface area (Å²) in [5.41, 5.74) is 1.35. The number of hydrogen-bond acceptors (Lipinski definition) is 5. The molecule has 1 aromatic heterocycles. The summed E-state index contributed by atoms with van der Waals surface area (Å²) in [5.74, 6) is -1.80. The van der Waals surface area contributed by atoms with Crippen LogP contribution >= 0.6 is 0 Å². The van der Waals surface area contributed by atoms with Gasteiger partial charge in [-0.15, -0.1) is 5.10 Å². The molecule has 1 saturated heterocycles. The summed E-state index contributed by atoms with van der Waals surface area (Å²) in [6.45, 7) is 4.82. The first-order valence-corrected chi connectivity index (χ1v) is 8.63. The fourth-order valence-corrected chi connectivity index (χ4v) is 3.00. The summed E-state index contributed by atoms with van der Waals surface area (Å²) < 4.78 is 47.8. The smallest absolute Gasteiger partial charge is 0.247 e. The zero-order valence-electron chi connectivity index (χ0n) is 15.3. The highest BCUT2D eigenvalue weighted by molar-refractivity contribution is 5.64. The van der Waals surface area contributed by atoms with Crippen molar-refractivity contribution < 1.29 is 17.9 Å². The number of aromatic nitrogens is 3. The Bertz CT molecular complexity index is 1010. The molecule has 3 aromatic rings. The Hall–Kier alpha value is -3.07. The lowest BCUT2D eigenvalue weighted by atomic mass is 10.00. The van der Waals surface area contributed by atoms with Crippen LogP contribution in [0, 0.1) is 24.4 Å². The van der Waals surface area contributed by atoms with Gasteiger partial charge in [0.25, 0.3) is 0 Å². The molecule has 6 nitrogen and oxygen atoms in total. The largest absolute Gasteiger partial charge is 0.376 e. The number of halogens is 3. The van der Waals surface area contributed by atoms with Gasteiger partial charge in [0.2, 0.25) is 5.95 Å². The van der Waals surface area contributed by atoms with Crippen LogP contribution in [0.3, 0.4) is 0 Å². The molecule has 0 bridgehead atoms. The minimum atomic E-state index is -0.728. The summed E-state index contributed by atoms with van der Waals surface area (Å²) in [5, 5.41) is 10.3. The second kappa shape index (κ2) is 6.83. The topological polar surface area (TPSA) is 64.0 Å². The Balaban J connectivity index is 1.59. The molecule has 1 aliphatic heterocycles. The van der Waals surface area contributed by atoms with E-state index < -0.39 is 17.5 Å². The van der Waals surface area contributed by atoms with Crippen molar-refractivity contribution in [1.82, 2.24) is 14.8 Å². The van der Waals surface area contributed by atoms with E-state index in [1.165, 1.54) is 11.0 Å². The molecule has 146 valence electrons. The number of nitrogens with zero attached hydrogens (tertiary/aromatic N) is 3. The molecule has 1 aliphatic rings. The van der Waals surface area contributed by atoms with E-state index in [-0.39, 0.29) is 22.9 Å². The zero-order valence-corrected chi connectivity index (χ0v) is 15.3. The SMILES string of the molecule is Cc1cc(NC2(C)COC2)cc(Nc2ncn(-c3cc(F)cc(F)c3)n2)c1F. The van der Waals surface area contributed by atoms with Crippen molar-refractivity contribution >= 4 is 17.3 Å². The van der Waals surface area contributed by atoms with Gasteiger partial charge in [0, 0.05) is 11.8 Å². The first-order valence-electron chi connectivity index (χ1n) is 8.63. The van der Waals surface area contributed by atoms with Crippen molar-refractivity contribution in [2.45, 2.75) is 19.4 Å². The fraction of sp³-hybridized carbons (Fsp3) is 0.263. The Morgan fingerprint density at radius 2 is 1.79 bits per heavy atom. The van der Waals surface area contributed by atoms with E-state index in [2.05, 4.69) is 20.7 Å². The van der Waals surface area contributed by atoms with Crippen LogP contribution in [-0.2, 0) is 4.74 Å².